The summed E-state index contributed by atoms with van der Waals surface area (Å²) in [6.07, 6.45) is 5.76. The SMILES string of the molecule is C=CC(=O)OCCCCOc1ccc(/C=C/C(=O)Oc2ccc(-c3ccccc3)cc2)cc1C. The van der Waals surface area contributed by atoms with Gasteiger partial charge in [0.25, 0.3) is 0 Å². The van der Waals surface area contributed by atoms with Crippen LogP contribution in [0.3, 0.4) is 0 Å². The van der Waals surface area contributed by atoms with Gasteiger partial charge in [-0.2, -0.15) is 0 Å². The van der Waals surface area contributed by atoms with Crippen LogP contribution in [0.15, 0.2) is 91.5 Å². The van der Waals surface area contributed by atoms with E-state index in [1.165, 1.54) is 6.08 Å². The molecule has 0 atom stereocenters. The van der Waals surface area contributed by atoms with Crippen LogP contribution in [-0.2, 0) is 14.3 Å². The summed E-state index contributed by atoms with van der Waals surface area (Å²) in [5.74, 6) is 0.419. The average Bonchev–Trinajstić information content (AvgIpc) is 2.86. The standard InChI is InChI=1S/C29H28O5/c1-3-28(30)33-20-8-7-19-32-27-17-11-23(21-22(27)2)12-18-29(31)34-26-15-13-25(14-16-26)24-9-5-4-6-10-24/h3-6,9-18,21H,1,7-8,19-20H2,2H3/b18-12+. The Morgan fingerprint density at radius 1 is 0.853 bits per heavy atom. The van der Waals surface area contributed by atoms with E-state index in [2.05, 4.69) is 6.58 Å². The van der Waals surface area contributed by atoms with E-state index in [0.29, 0.717) is 19.0 Å². The molecule has 0 saturated carbocycles. The van der Waals surface area contributed by atoms with E-state index in [9.17, 15) is 9.59 Å². The quantitative estimate of drug-likeness (QED) is 0.149. The molecule has 174 valence electrons. The zero-order valence-electron chi connectivity index (χ0n) is 19.2. The summed E-state index contributed by atoms with van der Waals surface area (Å²) in [5, 5.41) is 0. The van der Waals surface area contributed by atoms with Gasteiger partial charge < -0.3 is 14.2 Å². The smallest absolute Gasteiger partial charge is 0.336 e. The van der Waals surface area contributed by atoms with E-state index < -0.39 is 11.9 Å². The lowest BCUT2D eigenvalue weighted by molar-refractivity contribution is -0.137. The molecule has 0 aliphatic heterocycles. The third-order valence-corrected chi connectivity index (χ3v) is 5.00. The highest BCUT2D eigenvalue weighted by molar-refractivity contribution is 5.88. The van der Waals surface area contributed by atoms with Gasteiger partial charge in [0, 0.05) is 12.2 Å². The van der Waals surface area contributed by atoms with Crippen LogP contribution in [0.5, 0.6) is 11.5 Å². The van der Waals surface area contributed by atoms with Crippen molar-refractivity contribution in [1.29, 1.82) is 0 Å². The molecule has 0 saturated heterocycles. The molecule has 0 fully saturated rings. The number of carbonyl (C=O) groups excluding carboxylic acids is 2. The average molecular weight is 457 g/mol. The van der Waals surface area contributed by atoms with Gasteiger partial charge in [0.15, 0.2) is 0 Å². The Morgan fingerprint density at radius 3 is 2.26 bits per heavy atom. The van der Waals surface area contributed by atoms with Crippen LogP contribution in [-0.4, -0.2) is 25.2 Å². The van der Waals surface area contributed by atoms with Crippen molar-refractivity contribution >= 4 is 18.0 Å². The first-order chi connectivity index (χ1) is 16.5. The lowest BCUT2D eigenvalue weighted by atomic mass is 10.1. The summed E-state index contributed by atoms with van der Waals surface area (Å²) >= 11 is 0. The largest absolute Gasteiger partial charge is 0.493 e. The molecule has 5 heteroatoms. The van der Waals surface area contributed by atoms with Crippen molar-refractivity contribution in [1.82, 2.24) is 0 Å². The number of rotatable bonds is 11. The highest BCUT2D eigenvalue weighted by Gasteiger charge is 2.04. The summed E-state index contributed by atoms with van der Waals surface area (Å²) in [7, 11) is 0. The second kappa shape index (κ2) is 12.8. The van der Waals surface area contributed by atoms with E-state index in [-0.39, 0.29) is 0 Å². The fourth-order valence-electron chi connectivity index (χ4n) is 3.22. The van der Waals surface area contributed by atoms with Crippen molar-refractivity contribution in [2.45, 2.75) is 19.8 Å². The predicted octanol–water partition coefficient (Wildman–Crippen LogP) is 6.17. The highest BCUT2D eigenvalue weighted by atomic mass is 16.5. The minimum atomic E-state index is -0.442. The molecule has 3 rings (SSSR count). The first-order valence-corrected chi connectivity index (χ1v) is 11.1. The van der Waals surface area contributed by atoms with Crippen LogP contribution >= 0.6 is 0 Å². The van der Waals surface area contributed by atoms with Gasteiger partial charge in [-0.1, -0.05) is 55.1 Å². The molecule has 5 nitrogen and oxygen atoms in total. The molecule has 0 aromatic heterocycles. The Kier molecular flexibility index (Phi) is 9.23. The first kappa shape index (κ1) is 24.5. The van der Waals surface area contributed by atoms with Crippen LogP contribution in [0.2, 0.25) is 0 Å². The number of aryl methyl sites for hydroxylation is 1. The highest BCUT2D eigenvalue weighted by Crippen LogP contribution is 2.23. The number of esters is 2. The molecule has 3 aromatic carbocycles. The number of hydrogen-bond donors (Lipinski definition) is 0. The molecule has 0 unspecified atom stereocenters. The van der Waals surface area contributed by atoms with Gasteiger partial charge in [0.2, 0.25) is 0 Å². The minimum absolute atomic E-state index is 0.351. The van der Waals surface area contributed by atoms with E-state index in [1.807, 2.05) is 67.6 Å². The van der Waals surface area contributed by atoms with Crippen LogP contribution in [0.1, 0.15) is 24.0 Å². The zero-order valence-corrected chi connectivity index (χ0v) is 19.2. The molecule has 3 aromatic rings. The Hall–Kier alpha value is -4.12. The molecule has 0 heterocycles. The van der Waals surface area contributed by atoms with Gasteiger partial charge in [-0.05, 0) is 72.4 Å². The van der Waals surface area contributed by atoms with Gasteiger partial charge in [0.1, 0.15) is 11.5 Å². The molecule has 0 amide bonds. The van der Waals surface area contributed by atoms with E-state index >= 15 is 0 Å². The summed E-state index contributed by atoms with van der Waals surface area (Å²) < 4.78 is 16.1. The van der Waals surface area contributed by atoms with E-state index in [0.717, 1.165) is 46.9 Å². The summed E-state index contributed by atoms with van der Waals surface area (Å²) in [4.78, 5) is 23.2. The summed E-state index contributed by atoms with van der Waals surface area (Å²) in [5.41, 5.74) is 4.00. The summed E-state index contributed by atoms with van der Waals surface area (Å²) in [6.45, 7) is 6.18. The second-order valence-corrected chi connectivity index (χ2v) is 7.60. The van der Waals surface area contributed by atoms with Gasteiger partial charge in [0.05, 0.1) is 13.2 Å². The number of benzene rings is 3. The van der Waals surface area contributed by atoms with Crippen LogP contribution in [0.4, 0.5) is 0 Å². The maximum Gasteiger partial charge on any atom is 0.336 e. The fraction of sp³-hybridized carbons (Fsp3) is 0.172. The topological polar surface area (TPSA) is 61.8 Å². The van der Waals surface area contributed by atoms with Crippen LogP contribution in [0, 0.1) is 6.92 Å². The Labute approximate surface area is 200 Å². The third kappa shape index (κ3) is 7.78. The van der Waals surface area contributed by atoms with Crippen molar-refractivity contribution in [3.63, 3.8) is 0 Å². The maximum absolute atomic E-state index is 12.2. The second-order valence-electron chi connectivity index (χ2n) is 7.60. The lowest BCUT2D eigenvalue weighted by Crippen LogP contribution is -2.05. The number of hydrogen-bond acceptors (Lipinski definition) is 5. The first-order valence-electron chi connectivity index (χ1n) is 11.1. The summed E-state index contributed by atoms with van der Waals surface area (Å²) in [6, 6.07) is 23.1. The molecule has 0 N–H and O–H groups in total. The molecule has 0 spiro atoms. The van der Waals surface area contributed by atoms with Crippen LogP contribution in [0.25, 0.3) is 17.2 Å². The van der Waals surface area contributed by atoms with E-state index in [1.54, 1.807) is 18.2 Å². The van der Waals surface area contributed by atoms with Crippen LogP contribution < -0.4 is 9.47 Å². The van der Waals surface area contributed by atoms with Crippen molar-refractivity contribution in [3.8, 4) is 22.6 Å². The van der Waals surface area contributed by atoms with Gasteiger partial charge in [-0.25, -0.2) is 9.59 Å². The number of carbonyl (C=O) groups is 2. The molecule has 34 heavy (non-hydrogen) atoms. The molecule has 0 aliphatic rings. The monoisotopic (exact) mass is 456 g/mol. The molecular formula is C29H28O5. The Balaban J connectivity index is 1.45. The van der Waals surface area contributed by atoms with Crippen molar-refractivity contribution in [2.24, 2.45) is 0 Å². The van der Waals surface area contributed by atoms with Crippen molar-refractivity contribution in [3.05, 3.63) is 103 Å². The van der Waals surface area contributed by atoms with Crippen molar-refractivity contribution < 1.29 is 23.8 Å². The normalized spacial score (nSPS) is 10.6. The molecule has 0 bridgehead atoms. The fourth-order valence-corrected chi connectivity index (χ4v) is 3.22. The molecule has 0 aliphatic carbocycles. The van der Waals surface area contributed by atoms with Gasteiger partial charge in [-0.3, -0.25) is 0 Å². The van der Waals surface area contributed by atoms with Gasteiger partial charge in [-0.15, -0.1) is 0 Å². The zero-order chi connectivity index (χ0) is 24.2. The number of ether oxygens (including phenoxy) is 3. The number of unbranched alkanes of at least 4 members (excludes halogenated alkanes) is 1. The molecular weight excluding hydrogens is 428 g/mol. The Morgan fingerprint density at radius 2 is 1.56 bits per heavy atom. The minimum Gasteiger partial charge on any atom is -0.493 e. The third-order valence-electron chi connectivity index (χ3n) is 5.00. The van der Waals surface area contributed by atoms with Gasteiger partial charge >= 0.3 is 11.9 Å². The predicted molar refractivity (Wildman–Crippen MR) is 134 cm³/mol. The maximum atomic E-state index is 12.2. The lowest BCUT2D eigenvalue weighted by Gasteiger charge is -2.10. The van der Waals surface area contributed by atoms with E-state index in [4.69, 9.17) is 14.2 Å². The Bertz CT molecular complexity index is 1130. The molecule has 0 radical (unpaired) electrons. The van der Waals surface area contributed by atoms with Crippen molar-refractivity contribution in [2.75, 3.05) is 13.2 Å².